The molecule has 1 unspecified atom stereocenters. The molecule has 0 aromatic carbocycles. The molecule has 3 nitrogen and oxygen atoms in total. The van der Waals surface area contributed by atoms with E-state index in [0.717, 1.165) is 0 Å². The Morgan fingerprint density at radius 2 is 2.30 bits per heavy atom. The highest BCUT2D eigenvalue weighted by atomic mass is 16.5. The van der Waals surface area contributed by atoms with Crippen molar-refractivity contribution in [1.29, 1.82) is 0 Å². The van der Waals surface area contributed by atoms with E-state index in [4.69, 9.17) is 0 Å². The lowest BCUT2D eigenvalue weighted by Crippen LogP contribution is -2.09. The van der Waals surface area contributed by atoms with Crippen LogP contribution >= 0.6 is 0 Å². The third-order valence-corrected chi connectivity index (χ3v) is 1.00. The Balaban J connectivity index is 3.29. The minimum atomic E-state index is -0.308. The van der Waals surface area contributed by atoms with Gasteiger partial charge in [0, 0.05) is 13.3 Å². The number of rotatable bonds is 4. The molecule has 0 aliphatic rings. The van der Waals surface area contributed by atoms with Crippen molar-refractivity contribution in [1.82, 2.24) is 0 Å². The summed E-state index contributed by atoms with van der Waals surface area (Å²) in [6.45, 7) is 3.48. The Labute approximate surface area is 60.4 Å². The van der Waals surface area contributed by atoms with Crippen molar-refractivity contribution in [3.05, 3.63) is 0 Å². The topological polar surface area (TPSA) is 43.4 Å². The van der Waals surface area contributed by atoms with Gasteiger partial charge in [-0.3, -0.25) is 9.59 Å². The maximum absolute atomic E-state index is 10.2. The number of hydrogen-bond donors (Lipinski definition) is 0. The summed E-state index contributed by atoms with van der Waals surface area (Å²) in [5.41, 5.74) is 0. The van der Waals surface area contributed by atoms with Crippen LogP contribution in [-0.4, -0.2) is 18.9 Å². The lowest BCUT2D eigenvalue weighted by Gasteiger charge is -2.05. The highest BCUT2D eigenvalue weighted by molar-refractivity contribution is 5.65. The number of carbonyl (C=O) groups excluding carboxylic acids is 2. The Hall–Kier alpha value is -0.860. The van der Waals surface area contributed by atoms with E-state index in [2.05, 4.69) is 4.74 Å². The van der Waals surface area contributed by atoms with Crippen molar-refractivity contribution < 1.29 is 14.3 Å². The van der Waals surface area contributed by atoms with E-state index >= 15 is 0 Å². The Kier molecular flexibility index (Phi) is 4.54. The molecule has 0 rings (SSSR count). The van der Waals surface area contributed by atoms with Gasteiger partial charge in [0.2, 0.25) is 0 Å². The Bertz CT molecular complexity index is 120. The summed E-state index contributed by atoms with van der Waals surface area (Å²) in [5.74, 6) is -0.223. The van der Waals surface area contributed by atoms with Crippen molar-refractivity contribution in [2.24, 2.45) is 5.92 Å². The molecule has 10 heavy (non-hydrogen) atoms. The van der Waals surface area contributed by atoms with E-state index in [1.165, 1.54) is 6.92 Å². The average molecular weight is 143 g/mol. The van der Waals surface area contributed by atoms with Gasteiger partial charge in [0.05, 0.1) is 6.61 Å². The first-order valence-electron chi connectivity index (χ1n) is 3.15. The molecule has 1 atom stereocenters. The summed E-state index contributed by atoms with van der Waals surface area (Å²) in [6.07, 6.45) is 2.08. The molecule has 0 saturated heterocycles. The zero-order valence-electron chi connectivity index (χ0n) is 6.22. The van der Waals surface area contributed by atoms with Crippen LogP contribution in [0.3, 0.4) is 0 Å². The SMILES string of the molecule is CC(=O)OCC(C)C[C]=O. The van der Waals surface area contributed by atoms with Crippen LogP contribution in [0.15, 0.2) is 0 Å². The van der Waals surface area contributed by atoms with Crippen LogP contribution in [0.5, 0.6) is 0 Å². The van der Waals surface area contributed by atoms with Crippen LogP contribution in [0.25, 0.3) is 0 Å². The fourth-order valence-electron chi connectivity index (χ4n) is 0.461. The molecule has 0 heterocycles. The molecule has 0 aliphatic heterocycles. The minimum Gasteiger partial charge on any atom is -0.466 e. The van der Waals surface area contributed by atoms with Gasteiger partial charge in [0.15, 0.2) is 6.29 Å². The molecule has 0 spiro atoms. The molecule has 0 bridgehead atoms. The first-order valence-corrected chi connectivity index (χ1v) is 3.15. The highest BCUT2D eigenvalue weighted by Gasteiger charge is 2.02. The lowest BCUT2D eigenvalue weighted by atomic mass is 10.1. The molecule has 0 N–H and O–H groups in total. The summed E-state index contributed by atoms with van der Waals surface area (Å²) in [6, 6.07) is 0. The van der Waals surface area contributed by atoms with Crippen molar-refractivity contribution >= 4 is 12.3 Å². The molecule has 0 aliphatic carbocycles. The maximum atomic E-state index is 10.2. The second kappa shape index (κ2) is 4.97. The highest BCUT2D eigenvalue weighted by Crippen LogP contribution is 1.98. The lowest BCUT2D eigenvalue weighted by molar-refractivity contribution is -0.142. The summed E-state index contributed by atoms with van der Waals surface area (Å²) >= 11 is 0. The Morgan fingerprint density at radius 3 is 2.70 bits per heavy atom. The van der Waals surface area contributed by atoms with Gasteiger partial charge in [-0.05, 0) is 5.92 Å². The Morgan fingerprint density at radius 1 is 1.70 bits per heavy atom. The second-order valence-electron chi connectivity index (χ2n) is 2.26. The largest absolute Gasteiger partial charge is 0.466 e. The van der Waals surface area contributed by atoms with Crippen LogP contribution in [0.1, 0.15) is 20.3 Å². The zero-order chi connectivity index (χ0) is 7.98. The third-order valence-electron chi connectivity index (χ3n) is 1.00. The summed E-state index contributed by atoms with van der Waals surface area (Å²) < 4.78 is 4.64. The first-order chi connectivity index (χ1) is 4.66. The average Bonchev–Trinajstić information content (AvgIpc) is 1.85. The fourth-order valence-corrected chi connectivity index (χ4v) is 0.461. The molecule has 0 aromatic rings. The minimum absolute atomic E-state index is 0.0846. The van der Waals surface area contributed by atoms with E-state index in [9.17, 15) is 9.59 Å². The fraction of sp³-hybridized carbons (Fsp3) is 0.714. The van der Waals surface area contributed by atoms with Crippen molar-refractivity contribution in [3.63, 3.8) is 0 Å². The summed E-state index contributed by atoms with van der Waals surface area (Å²) in [5, 5.41) is 0. The van der Waals surface area contributed by atoms with Crippen LogP contribution < -0.4 is 0 Å². The van der Waals surface area contributed by atoms with Crippen molar-refractivity contribution in [2.75, 3.05) is 6.61 Å². The maximum Gasteiger partial charge on any atom is 0.302 e. The van der Waals surface area contributed by atoms with Crippen LogP contribution in [0.2, 0.25) is 0 Å². The van der Waals surface area contributed by atoms with Gasteiger partial charge in [-0.25, -0.2) is 0 Å². The predicted octanol–water partition coefficient (Wildman–Crippen LogP) is 0.685. The molecule has 0 amide bonds. The van der Waals surface area contributed by atoms with Crippen molar-refractivity contribution in [3.8, 4) is 0 Å². The molecular formula is C7H11O3. The van der Waals surface area contributed by atoms with E-state index in [1.54, 1.807) is 6.29 Å². The van der Waals surface area contributed by atoms with E-state index in [0.29, 0.717) is 13.0 Å². The van der Waals surface area contributed by atoms with Gasteiger partial charge in [-0.1, -0.05) is 6.92 Å². The van der Waals surface area contributed by atoms with Gasteiger partial charge >= 0.3 is 5.97 Å². The van der Waals surface area contributed by atoms with Gasteiger partial charge in [0.25, 0.3) is 0 Å². The number of ether oxygens (including phenoxy) is 1. The molecular weight excluding hydrogens is 132 g/mol. The van der Waals surface area contributed by atoms with Crippen LogP contribution in [0, 0.1) is 5.92 Å². The normalized spacial score (nSPS) is 12.2. The summed E-state index contributed by atoms with van der Waals surface area (Å²) in [4.78, 5) is 20.0. The van der Waals surface area contributed by atoms with E-state index < -0.39 is 0 Å². The monoisotopic (exact) mass is 143 g/mol. The summed E-state index contributed by atoms with van der Waals surface area (Å²) in [7, 11) is 0. The number of carbonyl (C=O) groups is 1. The molecule has 0 fully saturated rings. The van der Waals surface area contributed by atoms with Gasteiger partial charge in [-0.15, -0.1) is 0 Å². The third kappa shape index (κ3) is 5.28. The quantitative estimate of drug-likeness (QED) is 0.544. The van der Waals surface area contributed by atoms with E-state index in [1.807, 2.05) is 6.92 Å². The molecule has 3 heteroatoms. The number of hydrogen-bond acceptors (Lipinski definition) is 3. The van der Waals surface area contributed by atoms with Crippen molar-refractivity contribution in [2.45, 2.75) is 20.3 Å². The van der Waals surface area contributed by atoms with Crippen LogP contribution in [0.4, 0.5) is 0 Å². The molecule has 0 aromatic heterocycles. The van der Waals surface area contributed by atoms with E-state index in [-0.39, 0.29) is 11.9 Å². The van der Waals surface area contributed by atoms with Crippen LogP contribution in [-0.2, 0) is 14.3 Å². The standard InChI is InChI=1S/C7H11O3/c1-6(3-4-8)5-10-7(2)9/h6H,3,5H2,1-2H3. The first kappa shape index (κ1) is 9.14. The van der Waals surface area contributed by atoms with Gasteiger partial charge < -0.3 is 4.74 Å². The predicted molar refractivity (Wildman–Crippen MR) is 36.1 cm³/mol. The zero-order valence-corrected chi connectivity index (χ0v) is 6.22. The molecule has 1 radical (unpaired) electrons. The van der Waals surface area contributed by atoms with Gasteiger partial charge in [-0.2, -0.15) is 0 Å². The molecule has 0 saturated carbocycles. The second-order valence-corrected chi connectivity index (χ2v) is 2.26. The number of esters is 1. The molecule has 57 valence electrons. The van der Waals surface area contributed by atoms with Gasteiger partial charge in [0.1, 0.15) is 0 Å². The smallest absolute Gasteiger partial charge is 0.302 e.